The molecular formula is C23H29NO5. The summed E-state index contributed by atoms with van der Waals surface area (Å²) in [5, 5.41) is 12.7. The van der Waals surface area contributed by atoms with Gasteiger partial charge in [0.25, 0.3) is 0 Å². The third-order valence-corrected chi connectivity index (χ3v) is 4.51. The van der Waals surface area contributed by atoms with E-state index in [1.165, 1.54) is 0 Å². The van der Waals surface area contributed by atoms with Crippen LogP contribution in [0.3, 0.4) is 0 Å². The molecule has 0 bridgehead atoms. The minimum atomic E-state index is -1.01. The topological polar surface area (TPSA) is 84.9 Å². The van der Waals surface area contributed by atoms with Gasteiger partial charge in [-0.05, 0) is 56.4 Å². The Kier molecular flexibility index (Phi) is 9.18. The second-order valence-electron chi connectivity index (χ2n) is 6.67. The van der Waals surface area contributed by atoms with Crippen LogP contribution in [0.15, 0.2) is 54.6 Å². The first-order valence-electron chi connectivity index (χ1n) is 9.94. The van der Waals surface area contributed by atoms with E-state index in [0.29, 0.717) is 19.4 Å². The quantitative estimate of drug-likeness (QED) is 0.533. The first-order valence-corrected chi connectivity index (χ1v) is 9.94. The van der Waals surface area contributed by atoms with Crippen LogP contribution in [0.4, 0.5) is 0 Å². The molecule has 2 atom stereocenters. The largest absolute Gasteiger partial charge is 0.494 e. The second-order valence-corrected chi connectivity index (χ2v) is 6.67. The SMILES string of the molecule is CCOC(=O)[C@H](CCc1ccccc1)N[C@@H](Cc1ccc(OCC)cc1)C(=O)O. The Labute approximate surface area is 171 Å². The molecule has 29 heavy (non-hydrogen) atoms. The summed E-state index contributed by atoms with van der Waals surface area (Å²) in [6.07, 6.45) is 1.35. The molecule has 0 fully saturated rings. The molecule has 2 rings (SSSR count). The lowest BCUT2D eigenvalue weighted by Crippen LogP contribution is -2.49. The Morgan fingerprint density at radius 3 is 2.21 bits per heavy atom. The number of aliphatic carboxylic acids is 1. The van der Waals surface area contributed by atoms with Gasteiger partial charge < -0.3 is 14.6 Å². The van der Waals surface area contributed by atoms with Crippen LogP contribution in [0, 0.1) is 0 Å². The zero-order valence-corrected chi connectivity index (χ0v) is 17.0. The maximum Gasteiger partial charge on any atom is 0.323 e. The molecule has 0 aliphatic carbocycles. The van der Waals surface area contributed by atoms with Gasteiger partial charge in [0.05, 0.1) is 13.2 Å². The Bertz CT molecular complexity index is 761. The van der Waals surface area contributed by atoms with Crippen LogP contribution in [0.5, 0.6) is 5.75 Å². The number of carbonyl (C=O) groups is 2. The third-order valence-electron chi connectivity index (χ3n) is 4.51. The van der Waals surface area contributed by atoms with E-state index in [9.17, 15) is 14.7 Å². The molecule has 0 amide bonds. The van der Waals surface area contributed by atoms with Gasteiger partial charge in [0, 0.05) is 0 Å². The third kappa shape index (κ3) is 7.58. The Morgan fingerprint density at radius 1 is 0.931 bits per heavy atom. The summed E-state index contributed by atoms with van der Waals surface area (Å²) in [6, 6.07) is 15.5. The predicted molar refractivity (Wildman–Crippen MR) is 111 cm³/mol. The van der Waals surface area contributed by atoms with Gasteiger partial charge >= 0.3 is 11.9 Å². The molecule has 0 aromatic heterocycles. The van der Waals surface area contributed by atoms with Crippen molar-refractivity contribution in [3.63, 3.8) is 0 Å². The number of benzene rings is 2. The van der Waals surface area contributed by atoms with Gasteiger partial charge in [0.15, 0.2) is 0 Å². The van der Waals surface area contributed by atoms with Gasteiger partial charge in [-0.3, -0.25) is 14.9 Å². The summed E-state index contributed by atoms with van der Waals surface area (Å²) in [5.41, 5.74) is 1.93. The number of nitrogens with one attached hydrogen (secondary N) is 1. The Morgan fingerprint density at radius 2 is 1.62 bits per heavy atom. The molecule has 2 N–H and O–H groups in total. The fraction of sp³-hybridized carbons (Fsp3) is 0.391. The van der Waals surface area contributed by atoms with Gasteiger partial charge in [-0.25, -0.2) is 0 Å². The lowest BCUT2D eigenvalue weighted by Gasteiger charge is -2.22. The van der Waals surface area contributed by atoms with Crippen molar-refractivity contribution in [1.82, 2.24) is 5.32 Å². The fourth-order valence-corrected chi connectivity index (χ4v) is 3.05. The summed E-state index contributed by atoms with van der Waals surface area (Å²) >= 11 is 0. The molecule has 0 radical (unpaired) electrons. The van der Waals surface area contributed by atoms with Crippen molar-refractivity contribution in [2.24, 2.45) is 0 Å². The van der Waals surface area contributed by atoms with E-state index >= 15 is 0 Å². The minimum absolute atomic E-state index is 0.249. The van der Waals surface area contributed by atoms with E-state index in [2.05, 4.69) is 5.32 Å². The summed E-state index contributed by atoms with van der Waals surface area (Å²) < 4.78 is 10.6. The van der Waals surface area contributed by atoms with Crippen molar-refractivity contribution >= 4 is 11.9 Å². The molecule has 0 saturated heterocycles. The van der Waals surface area contributed by atoms with Gasteiger partial charge in [-0.2, -0.15) is 0 Å². The minimum Gasteiger partial charge on any atom is -0.494 e. The summed E-state index contributed by atoms with van der Waals surface area (Å²) in [4.78, 5) is 24.2. The molecule has 0 saturated carbocycles. The van der Waals surface area contributed by atoms with Crippen LogP contribution in [0.1, 0.15) is 31.4 Å². The van der Waals surface area contributed by atoms with E-state index in [1.54, 1.807) is 6.92 Å². The van der Waals surface area contributed by atoms with Crippen molar-refractivity contribution in [3.05, 3.63) is 65.7 Å². The van der Waals surface area contributed by atoms with Gasteiger partial charge in [-0.1, -0.05) is 42.5 Å². The number of hydrogen-bond acceptors (Lipinski definition) is 5. The highest BCUT2D eigenvalue weighted by atomic mass is 16.5. The maximum absolute atomic E-state index is 12.4. The van der Waals surface area contributed by atoms with Crippen LogP contribution in [0.25, 0.3) is 0 Å². The highest BCUT2D eigenvalue weighted by Crippen LogP contribution is 2.14. The highest BCUT2D eigenvalue weighted by Gasteiger charge is 2.27. The summed E-state index contributed by atoms with van der Waals surface area (Å²) in [7, 11) is 0. The van der Waals surface area contributed by atoms with Crippen molar-refractivity contribution < 1.29 is 24.2 Å². The summed E-state index contributed by atoms with van der Waals surface area (Å²) in [5.74, 6) is -0.697. The lowest BCUT2D eigenvalue weighted by atomic mass is 10.0. The van der Waals surface area contributed by atoms with Gasteiger partial charge in [0.1, 0.15) is 17.8 Å². The van der Waals surface area contributed by atoms with Crippen LogP contribution >= 0.6 is 0 Å². The second kappa shape index (κ2) is 11.9. The average Bonchev–Trinajstić information content (AvgIpc) is 2.72. The van der Waals surface area contributed by atoms with E-state index in [-0.39, 0.29) is 13.0 Å². The number of carboxylic acid groups (broad SMARTS) is 1. The number of carboxylic acids is 1. The monoisotopic (exact) mass is 399 g/mol. The number of rotatable bonds is 12. The highest BCUT2D eigenvalue weighted by molar-refractivity contribution is 5.79. The Hall–Kier alpha value is -2.86. The first kappa shape index (κ1) is 22.4. The molecule has 2 aromatic rings. The number of aryl methyl sites for hydroxylation is 1. The van der Waals surface area contributed by atoms with Crippen LogP contribution in [-0.2, 0) is 27.2 Å². The number of carbonyl (C=O) groups excluding carboxylic acids is 1. The summed E-state index contributed by atoms with van der Waals surface area (Å²) in [6.45, 7) is 4.46. The first-order chi connectivity index (χ1) is 14.0. The van der Waals surface area contributed by atoms with E-state index < -0.39 is 24.0 Å². The van der Waals surface area contributed by atoms with E-state index in [0.717, 1.165) is 16.9 Å². The molecule has 2 aromatic carbocycles. The number of ether oxygens (including phenoxy) is 2. The molecule has 0 unspecified atom stereocenters. The molecule has 6 nitrogen and oxygen atoms in total. The molecular weight excluding hydrogens is 370 g/mol. The lowest BCUT2D eigenvalue weighted by molar-refractivity contribution is -0.147. The molecule has 6 heteroatoms. The smallest absolute Gasteiger partial charge is 0.323 e. The number of hydrogen-bond donors (Lipinski definition) is 2. The molecule has 156 valence electrons. The molecule has 0 heterocycles. The van der Waals surface area contributed by atoms with E-state index in [4.69, 9.17) is 9.47 Å². The zero-order chi connectivity index (χ0) is 21.1. The van der Waals surface area contributed by atoms with Crippen LogP contribution < -0.4 is 10.1 Å². The number of esters is 1. The predicted octanol–water partition coefficient (Wildman–Crippen LogP) is 3.24. The molecule has 0 aliphatic heterocycles. The van der Waals surface area contributed by atoms with Crippen molar-refractivity contribution in [3.8, 4) is 5.75 Å². The average molecular weight is 399 g/mol. The van der Waals surface area contributed by atoms with Gasteiger partial charge in [-0.15, -0.1) is 0 Å². The maximum atomic E-state index is 12.4. The van der Waals surface area contributed by atoms with E-state index in [1.807, 2.05) is 61.5 Å². The molecule has 0 aliphatic rings. The van der Waals surface area contributed by atoms with Gasteiger partial charge in [0.2, 0.25) is 0 Å². The van der Waals surface area contributed by atoms with Crippen molar-refractivity contribution in [2.45, 2.75) is 45.2 Å². The van der Waals surface area contributed by atoms with Crippen molar-refractivity contribution in [2.75, 3.05) is 13.2 Å². The normalized spacial score (nSPS) is 12.8. The standard InChI is InChI=1S/C23H29NO5/c1-3-28-19-13-10-18(11-14-19)16-21(22(25)26)24-20(23(27)29-4-2)15-12-17-8-6-5-7-9-17/h5-11,13-14,20-21,24H,3-4,12,15-16H2,1-2H3,(H,25,26)/t20-,21-/m0/s1. The molecule has 0 spiro atoms. The zero-order valence-electron chi connectivity index (χ0n) is 17.0. The Balaban J connectivity index is 2.06. The van der Waals surface area contributed by atoms with Crippen molar-refractivity contribution in [1.29, 1.82) is 0 Å². The fourth-order valence-electron chi connectivity index (χ4n) is 3.05. The van der Waals surface area contributed by atoms with Crippen LogP contribution in [-0.4, -0.2) is 42.3 Å². The van der Waals surface area contributed by atoms with Crippen LogP contribution in [0.2, 0.25) is 0 Å².